The first-order valence-corrected chi connectivity index (χ1v) is 5.13. The molecule has 80 valence electrons. The van der Waals surface area contributed by atoms with Crippen LogP contribution in [-0.2, 0) is 0 Å². The Hall–Kier alpha value is -1.87. The van der Waals surface area contributed by atoms with Gasteiger partial charge in [-0.1, -0.05) is 46.8 Å². The number of hydrogen-bond donors (Lipinski definition) is 0. The van der Waals surface area contributed by atoms with Crippen LogP contribution in [0.2, 0.25) is 5.02 Å². The van der Waals surface area contributed by atoms with E-state index in [0.717, 1.165) is 0 Å². The van der Waals surface area contributed by atoms with Crippen LogP contribution in [0.3, 0.4) is 0 Å². The van der Waals surface area contributed by atoms with Crippen molar-refractivity contribution in [2.24, 2.45) is 5.11 Å². The first kappa shape index (κ1) is 10.6. The van der Waals surface area contributed by atoms with Crippen molar-refractivity contribution in [1.29, 1.82) is 0 Å². The van der Waals surface area contributed by atoms with Crippen molar-refractivity contribution < 1.29 is 4.86 Å². The Bertz CT molecular complexity index is 511. The van der Waals surface area contributed by atoms with Gasteiger partial charge in [-0.25, -0.2) is 0 Å². The van der Waals surface area contributed by atoms with Crippen LogP contribution in [-0.4, -0.2) is 4.86 Å². The molecule has 0 bridgehead atoms. The lowest BCUT2D eigenvalue weighted by atomic mass is 10.3. The first-order valence-electron chi connectivity index (χ1n) is 4.76. The summed E-state index contributed by atoms with van der Waals surface area (Å²) in [6.45, 7) is 0. The first-order chi connectivity index (χ1) is 7.77. The molecule has 16 heavy (non-hydrogen) atoms. The van der Waals surface area contributed by atoms with Gasteiger partial charge in [0.15, 0.2) is 5.69 Å². The van der Waals surface area contributed by atoms with Gasteiger partial charge >= 0.3 is 0 Å². The molecule has 0 atom stereocenters. The zero-order chi connectivity index (χ0) is 11.4. The predicted molar refractivity (Wildman–Crippen MR) is 63.3 cm³/mol. The zero-order valence-electron chi connectivity index (χ0n) is 8.38. The molecule has 3 nitrogen and oxygen atoms in total. The third-order valence-electron chi connectivity index (χ3n) is 2.03. The maximum absolute atomic E-state index is 11.7. The van der Waals surface area contributed by atoms with Gasteiger partial charge in [-0.2, -0.15) is 0 Å². The molecule has 0 aliphatic carbocycles. The highest BCUT2D eigenvalue weighted by molar-refractivity contribution is 6.32. The second-order valence-corrected chi connectivity index (χ2v) is 3.57. The Morgan fingerprint density at radius 1 is 0.938 bits per heavy atom. The van der Waals surface area contributed by atoms with E-state index in [9.17, 15) is 5.21 Å². The number of halogens is 1. The molecule has 0 amide bonds. The molecule has 0 aliphatic heterocycles. The van der Waals surface area contributed by atoms with Gasteiger partial charge in [0.05, 0.1) is 5.02 Å². The minimum Gasteiger partial charge on any atom is -0.594 e. The summed E-state index contributed by atoms with van der Waals surface area (Å²) in [6.07, 6.45) is 0. The van der Waals surface area contributed by atoms with Crippen LogP contribution >= 0.6 is 11.6 Å². The third kappa shape index (κ3) is 2.38. The van der Waals surface area contributed by atoms with Crippen molar-refractivity contribution in [3.63, 3.8) is 0 Å². The SMILES string of the molecule is [O-][N+](=Nc1ccccc1Cl)c1ccccc1. The average molecular weight is 233 g/mol. The Morgan fingerprint density at radius 3 is 2.25 bits per heavy atom. The van der Waals surface area contributed by atoms with E-state index in [-0.39, 0.29) is 0 Å². The van der Waals surface area contributed by atoms with Crippen LogP contribution in [0.25, 0.3) is 0 Å². The number of hydrogen-bond acceptors (Lipinski definition) is 2. The van der Waals surface area contributed by atoms with Crippen molar-refractivity contribution in [1.82, 2.24) is 0 Å². The van der Waals surface area contributed by atoms with Crippen LogP contribution in [0.1, 0.15) is 0 Å². The van der Waals surface area contributed by atoms with Crippen LogP contribution < -0.4 is 0 Å². The Balaban J connectivity index is 2.36. The molecular weight excluding hydrogens is 224 g/mol. The van der Waals surface area contributed by atoms with Crippen molar-refractivity contribution in [2.45, 2.75) is 0 Å². The fraction of sp³-hybridized carbons (Fsp3) is 0. The van der Waals surface area contributed by atoms with Crippen LogP contribution in [0.5, 0.6) is 0 Å². The highest BCUT2D eigenvalue weighted by atomic mass is 35.5. The molecule has 2 aromatic rings. The molecule has 0 fully saturated rings. The second kappa shape index (κ2) is 4.77. The van der Waals surface area contributed by atoms with Crippen LogP contribution in [0, 0.1) is 5.21 Å². The highest BCUT2D eigenvalue weighted by Gasteiger charge is 2.04. The summed E-state index contributed by atoms with van der Waals surface area (Å²) in [4.78, 5) is 0.557. The molecule has 0 heterocycles. The highest BCUT2D eigenvalue weighted by Crippen LogP contribution is 2.25. The smallest absolute Gasteiger partial charge is 0.244 e. The fourth-order valence-electron chi connectivity index (χ4n) is 1.24. The molecule has 4 heteroatoms. The van der Waals surface area contributed by atoms with Crippen molar-refractivity contribution >= 4 is 23.0 Å². The van der Waals surface area contributed by atoms with E-state index >= 15 is 0 Å². The zero-order valence-corrected chi connectivity index (χ0v) is 9.13. The van der Waals surface area contributed by atoms with Crippen molar-refractivity contribution in [3.8, 4) is 0 Å². The van der Waals surface area contributed by atoms with Crippen LogP contribution in [0.4, 0.5) is 11.4 Å². The van der Waals surface area contributed by atoms with E-state index in [1.165, 1.54) is 0 Å². The van der Waals surface area contributed by atoms with E-state index in [2.05, 4.69) is 5.11 Å². The average Bonchev–Trinajstić information content (AvgIpc) is 2.33. The Kier molecular flexibility index (Phi) is 3.17. The quantitative estimate of drug-likeness (QED) is 0.433. The standard InChI is InChI=1S/C12H9ClN2O/c13-11-8-4-5-9-12(11)14-15(16)10-6-2-1-3-7-10/h1-9H. The normalized spacial score (nSPS) is 11.4. The van der Waals surface area contributed by atoms with Gasteiger partial charge in [-0.3, -0.25) is 0 Å². The Labute approximate surface area is 98.2 Å². The van der Waals surface area contributed by atoms with E-state index < -0.39 is 0 Å². The fourth-order valence-corrected chi connectivity index (χ4v) is 1.42. The number of nitrogens with zero attached hydrogens (tertiary/aromatic N) is 2. The topological polar surface area (TPSA) is 38.4 Å². The Morgan fingerprint density at radius 2 is 1.56 bits per heavy atom. The summed E-state index contributed by atoms with van der Waals surface area (Å²) >= 11 is 5.90. The minimum atomic E-state index is 0.458. The van der Waals surface area contributed by atoms with Gasteiger partial charge in [0, 0.05) is 17.2 Å². The van der Waals surface area contributed by atoms with Crippen molar-refractivity contribution in [2.75, 3.05) is 0 Å². The van der Waals surface area contributed by atoms with E-state index in [1.807, 2.05) is 6.07 Å². The van der Waals surface area contributed by atoms with Gasteiger partial charge in [-0.05, 0) is 12.1 Å². The molecule has 0 radical (unpaired) electrons. The predicted octanol–water partition coefficient (Wildman–Crippen LogP) is 4.27. The van der Waals surface area contributed by atoms with E-state index in [0.29, 0.717) is 21.3 Å². The summed E-state index contributed by atoms with van der Waals surface area (Å²) in [6, 6.07) is 15.7. The van der Waals surface area contributed by atoms with E-state index in [4.69, 9.17) is 11.6 Å². The molecule has 0 saturated carbocycles. The molecule has 0 aromatic heterocycles. The molecule has 0 N–H and O–H groups in total. The van der Waals surface area contributed by atoms with Crippen LogP contribution in [0.15, 0.2) is 59.7 Å². The summed E-state index contributed by atoms with van der Waals surface area (Å²) < 4.78 is 0. The number of rotatable bonds is 2. The summed E-state index contributed by atoms with van der Waals surface area (Å²) in [5.41, 5.74) is 0.936. The second-order valence-electron chi connectivity index (χ2n) is 3.16. The molecule has 2 aromatic carbocycles. The molecule has 2 rings (SSSR count). The number of benzene rings is 2. The molecule has 0 unspecified atom stereocenters. The maximum Gasteiger partial charge on any atom is 0.244 e. The number of para-hydroxylation sites is 1. The lowest BCUT2D eigenvalue weighted by molar-refractivity contribution is -0.435. The molecule has 0 spiro atoms. The largest absolute Gasteiger partial charge is 0.594 e. The van der Waals surface area contributed by atoms with Gasteiger partial charge < -0.3 is 5.21 Å². The lowest BCUT2D eigenvalue weighted by Gasteiger charge is -1.99. The lowest BCUT2D eigenvalue weighted by Crippen LogP contribution is -1.89. The van der Waals surface area contributed by atoms with Gasteiger partial charge in [-0.15, -0.1) is 0 Å². The van der Waals surface area contributed by atoms with E-state index in [1.54, 1.807) is 48.5 Å². The minimum absolute atomic E-state index is 0.458. The monoisotopic (exact) mass is 232 g/mol. The molecule has 0 saturated heterocycles. The number of azo groups is 1. The van der Waals surface area contributed by atoms with Gasteiger partial charge in [0.2, 0.25) is 5.69 Å². The van der Waals surface area contributed by atoms with Gasteiger partial charge in [0.1, 0.15) is 0 Å². The molecular formula is C12H9ClN2O. The summed E-state index contributed by atoms with van der Waals surface area (Å²) in [5.74, 6) is 0. The summed E-state index contributed by atoms with van der Waals surface area (Å²) in [7, 11) is 0. The van der Waals surface area contributed by atoms with Crippen molar-refractivity contribution in [3.05, 3.63) is 64.8 Å². The maximum atomic E-state index is 11.7. The van der Waals surface area contributed by atoms with Gasteiger partial charge in [0.25, 0.3) is 0 Å². The molecule has 0 aliphatic rings. The summed E-state index contributed by atoms with van der Waals surface area (Å²) in [5, 5.41) is 16.0. The third-order valence-corrected chi connectivity index (χ3v) is 2.35.